The summed E-state index contributed by atoms with van der Waals surface area (Å²) in [4.78, 5) is 11.8. The molecule has 3 nitrogen and oxygen atoms in total. The van der Waals surface area contributed by atoms with Gasteiger partial charge in [-0.25, -0.2) is 4.79 Å². The monoisotopic (exact) mass is 269 g/mol. The molecule has 2 aromatic rings. The van der Waals surface area contributed by atoms with Crippen LogP contribution >= 0.6 is 0 Å². The van der Waals surface area contributed by atoms with Crippen molar-refractivity contribution in [3.05, 3.63) is 65.2 Å². The summed E-state index contributed by atoms with van der Waals surface area (Å²) in [5.74, 6) is -0.363. The first-order valence-corrected chi connectivity index (χ1v) is 6.72. The van der Waals surface area contributed by atoms with Gasteiger partial charge in [-0.1, -0.05) is 42.5 Å². The van der Waals surface area contributed by atoms with Crippen LogP contribution < -0.4 is 5.73 Å². The number of benzene rings is 2. The standard InChI is InChI=1S/C17H19NO2/c1-20-17(19)16-14(11-6-12-15(16)18)10-5-9-13-7-3-2-4-8-13/h2-4,6-8,11-12H,5,9-10,18H2,1H3. The summed E-state index contributed by atoms with van der Waals surface area (Å²) in [6.45, 7) is 0. The normalized spacial score (nSPS) is 10.2. The Labute approximate surface area is 119 Å². The first kappa shape index (κ1) is 14.1. The molecule has 0 amide bonds. The Hall–Kier alpha value is -2.29. The number of anilines is 1. The molecule has 3 heteroatoms. The summed E-state index contributed by atoms with van der Waals surface area (Å²) in [7, 11) is 1.38. The van der Waals surface area contributed by atoms with E-state index in [0.29, 0.717) is 11.3 Å². The van der Waals surface area contributed by atoms with Gasteiger partial charge in [0.1, 0.15) is 0 Å². The highest BCUT2D eigenvalue weighted by Crippen LogP contribution is 2.20. The van der Waals surface area contributed by atoms with Crippen molar-refractivity contribution in [2.45, 2.75) is 19.3 Å². The number of esters is 1. The van der Waals surface area contributed by atoms with E-state index < -0.39 is 0 Å². The molecule has 2 aromatic carbocycles. The predicted octanol–water partition coefficient (Wildman–Crippen LogP) is 3.23. The van der Waals surface area contributed by atoms with Gasteiger partial charge in [0.15, 0.2) is 0 Å². The molecule has 0 saturated carbocycles. The average Bonchev–Trinajstić information content (AvgIpc) is 2.48. The fourth-order valence-corrected chi connectivity index (χ4v) is 2.31. The molecular formula is C17H19NO2. The topological polar surface area (TPSA) is 52.3 Å². The van der Waals surface area contributed by atoms with Gasteiger partial charge in [0, 0.05) is 5.69 Å². The highest BCUT2D eigenvalue weighted by Gasteiger charge is 2.14. The molecule has 0 unspecified atom stereocenters. The number of methoxy groups -OCH3 is 1. The zero-order valence-electron chi connectivity index (χ0n) is 11.6. The molecule has 0 radical (unpaired) electrons. The Morgan fingerprint density at radius 1 is 1.05 bits per heavy atom. The zero-order valence-corrected chi connectivity index (χ0v) is 11.6. The van der Waals surface area contributed by atoms with E-state index in [1.54, 1.807) is 6.07 Å². The third-order valence-electron chi connectivity index (χ3n) is 3.33. The molecule has 0 spiro atoms. The fraction of sp³-hybridized carbons (Fsp3) is 0.235. The molecule has 0 saturated heterocycles. The van der Waals surface area contributed by atoms with Crippen molar-refractivity contribution in [3.8, 4) is 0 Å². The highest BCUT2D eigenvalue weighted by atomic mass is 16.5. The van der Waals surface area contributed by atoms with E-state index in [-0.39, 0.29) is 5.97 Å². The maximum atomic E-state index is 11.8. The molecule has 2 rings (SSSR count). The third kappa shape index (κ3) is 3.38. The zero-order chi connectivity index (χ0) is 14.4. The number of nitrogens with two attached hydrogens (primary N) is 1. The third-order valence-corrected chi connectivity index (χ3v) is 3.33. The molecule has 0 aliphatic carbocycles. The fourth-order valence-electron chi connectivity index (χ4n) is 2.31. The molecular weight excluding hydrogens is 250 g/mol. The summed E-state index contributed by atoms with van der Waals surface area (Å²) in [6.07, 6.45) is 2.76. The lowest BCUT2D eigenvalue weighted by atomic mass is 9.98. The summed E-state index contributed by atoms with van der Waals surface area (Å²) in [5, 5.41) is 0. The quantitative estimate of drug-likeness (QED) is 0.669. The van der Waals surface area contributed by atoms with Crippen LogP contribution in [0.4, 0.5) is 5.69 Å². The number of hydrogen-bond acceptors (Lipinski definition) is 3. The van der Waals surface area contributed by atoms with E-state index in [1.165, 1.54) is 12.7 Å². The Balaban J connectivity index is 2.06. The summed E-state index contributed by atoms with van der Waals surface area (Å²) in [5.41, 5.74) is 9.12. The van der Waals surface area contributed by atoms with Gasteiger partial charge in [0.2, 0.25) is 0 Å². The lowest BCUT2D eigenvalue weighted by molar-refractivity contribution is 0.0600. The number of rotatable bonds is 5. The van der Waals surface area contributed by atoms with E-state index in [2.05, 4.69) is 12.1 Å². The number of carbonyl (C=O) groups is 1. The van der Waals surface area contributed by atoms with Crippen LogP contribution in [-0.2, 0) is 17.6 Å². The van der Waals surface area contributed by atoms with Crippen molar-refractivity contribution < 1.29 is 9.53 Å². The molecule has 20 heavy (non-hydrogen) atoms. The van der Waals surface area contributed by atoms with E-state index in [9.17, 15) is 4.79 Å². The number of hydrogen-bond donors (Lipinski definition) is 1. The summed E-state index contributed by atoms with van der Waals surface area (Å²) in [6, 6.07) is 15.9. The van der Waals surface area contributed by atoms with Crippen LogP contribution in [0.2, 0.25) is 0 Å². The van der Waals surface area contributed by atoms with Crippen molar-refractivity contribution in [2.24, 2.45) is 0 Å². The molecule has 0 aliphatic heterocycles. The van der Waals surface area contributed by atoms with Crippen molar-refractivity contribution in [2.75, 3.05) is 12.8 Å². The van der Waals surface area contributed by atoms with Gasteiger partial charge in [-0.05, 0) is 36.5 Å². The second kappa shape index (κ2) is 6.75. The molecule has 0 heterocycles. The molecule has 0 fully saturated rings. The highest BCUT2D eigenvalue weighted by molar-refractivity contribution is 5.96. The maximum Gasteiger partial charge on any atom is 0.340 e. The second-order valence-electron chi connectivity index (χ2n) is 4.71. The summed E-state index contributed by atoms with van der Waals surface area (Å²) < 4.78 is 4.80. The summed E-state index contributed by atoms with van der Waals surface area (Å²) >= 11 is 0. The molecule has 0 atom stereocenters. The second-order valence-corrected chi connectivity index (χ2v) is 4.71. The van der Waals surface area contributed by atoms with E-state index in [1.807, 2.05) is 30.3 Å². The number of carbonyl (C=O) groups excluding carboxylic acids is 1. The SMILES string of the molecule is COC(=O)c1c(N)cccc1CCCc1ccccc1. The minimum atomic E-state index is -0.363. The van der Waals surface area contributed by atoms with Crippen LogP contribution in [0.1, 0.15) is 27.9 Å². The van der Waals surface area contributed by atoms with Crippen LogP contribution in [0.25, 0.3) is 0 Å². The lowest BCUT2D eigenvalue weighted by Crippen LogP contribution is -2.09. The van der Waals surface area contributed by atoms with Crippen molar-refractivity contribution in [1.29, 1.82) is 0 Å². The first-order valence-electron chi connectivity index (χ1n) is 6.72. The molecule has 0 aliphatic rings. The van der Waals surface area contributed by atoms with Crippen molar-refractivity contribution in [1.82, 2.24) is 0 Å². The number of ether oxygens (including phenoxy) is 1. The minimum absolute atomic E-state index is 0.363. The van der Waals surface area contributed by atoms with Gasteiger partial charge in [-0.2, -0.15) is 0 Å². The Morgan fingerprint density at radius 2 is 1.80 bits per heavy atom. The molecule has 0 bridgehead atoms. The Morgan fingerprint density at radius 3 is 2.50 bits per heavy atom. The Kier molecular flexibility index (Phi) is 4.77. The smallest absolute Gasteiger partial charge is 0.340 e. The predicted molar refractivity (Wildman–Crippen MR) is 80.7 cm³/mol. The molecule has 2 N–H and O–H groups in total. The lowest BCUT2D eigenvalue weighted by Gasteiger charge is -2.10. The largest absolute Gasteiger partial charge is 0.465 e. The van der Waals surface area contributed by atoms with E-state index >= 15 is 0 Å². The number of aryl methyl sites for hydroxylation is 2. The van der Waals surface area contributed by atoms with E-state index in [4.69, 9.17) is 10.5 Å². The maximum absolute atomic E-state index is 11.8. The number of nitrogen functional groups attached to an aromatic ring is 1. The average molecular weight is 269 g/mol. The van der Waals surface area contributed by atoms with Crippen molar-refractivity contribution in [3.63, 3.8) is 0 Å². The van der Waals surface area contributed by atoms with Gasteiger partial charge in [-0.3, -0.25) is 0 Å². The van der Waals surface area contributed by atoms with Crippen LogP contribution in [-0.4, -0.2) is 13.1 Å². The van der Waals surface area contributed by atoms with Crippen LogP contribution in [0, 0.1) is 0 Å². The van der Waals surface area contributed by atoms with Gasteiger partial charge < -0.3 is 10.5 Å². The molecule has 104 valence electrons. The minimum Gasteiger partial charge on any atom is -0.465 e. The van der Waals surface area contributed by atoms with Gasteiger partial charge in [0.25, 0.3) is 0 Å². The van der Waals surface area contributed by atoms with Crippen LogP contribution in [0.15, 0.2) is 48.5 Å². The Bertz CT molecular complexity index is 579. The van der Waals surface area contributed by atoms with Crippen LogP contribution in [0.5, 0.6) is 0 Å². The van der Waals surface area contributed by atoms with Gasteiger partial charge >= 0.3 is 5.97 Å². The first-order chi connectivity index (χ1) is 9.72. The van der Waals surface area contributed by atoms with Gasteiger partial charge in [0.05, 0.1) is 12.7 Å². The van der Waals surface area contributed by atoms with E-state index in [0.717, 1.165) is 24.8 Å². The molecule has 0 aromatic heterocycles. The van der Waals surface area contributed by atoms with Gasteiger partial charge in [-0.15, -0.1) is 0 Å². The van der Waals surface area contributed by atoms with Crippen LogP contribution in [0.3, 0.4) is 0 Å². The van der Waals surface area contributed by atoms with Crippen molar-refractivity contribution >= 4 is 11.7 Å².